The van der Waals surface area contributed by atoms with Gasteiger partial charge >= 0.3 is 12.3 Å². The number of alkyl carbamates (subject to hydrolysis) is 1. The number of alkyl halides is 4. The highest BCUT2D eigenvalue weighted by Crippen LogP contribution is 2.39. The number of H-pyrrole nitrogens is 1. The largest absolute Gasteiger partial charge is 0.443 e. The van der Waals surface area contributed by atoms with Crippen LogP contribution in [-0.4, -0.2) is 48.7 Å². The van der Waals surface area contributed by atoms with E-state index in [4.69, 9.17) is 4.74 Å². The Morgan fingerprint density at radius 3 is 2.82 bits per heavy atom. The molecule has 0 radical (unpaired) electrons. The van der Waals surface area contributed by atoms with Gasteiger partial charge in [-0.15, -0.1) is 0 Å². The number of nitrogens with one attached hydrogen (secondary N) is 3. The van der Waals surface area contributed by atoms with Gasteiger partial charge in [0, 0.05) is 41.7 Å². The van der Waals surface area contributed by atoms with E-state index < -0.39 is 36.2 Å². The summed E-state index contributed by atoms with van der Waals surface area (Å²) in [7, 11) is 0. The molecule has 33 heavy (non-hydrogen) atoms. The van der Waals surface area contributed by atoms with Gasteiger partial charge in [-0.2, -0.15) is 23.4 Å². The van der Waals surface area contributed by atoms with Gasteiger partial charge in [0.25, 0.3) is 0 Å². The van der Waals surface area contributed by atoms with Gasteiger partial charge in [-0.05, 0) is 32.6 Å². The van der Waals surface area contributed by atoms with Crippen molar-refractivity contribution in [1.82, 2.24) is 30.1 Å². The molecule has 9 nitrogen and oxygen atoms in total. The maximum atomic E-state index is 15.0. The highest BCUT2D eigenvalue weighted by molar-refractivity contribution is 5.72. The fourth-order valence-corrected chi connectivity index (χ4v) is 3.97. The van der Waals surface area contributed by atoms with E-state index in [1.165, 1.54) is 12.4 Å². The molecule has 0 unspecified atom stereocenters. The molecule has 1 amide bonds. The second-order valence-corrected chi connectivity index (χ2v) is 8.72. The lowest BCUT2D eigenvalue weighted by Crippen LogP contribution is -2.38. The summed E-state index contributed by atoms with van der Waals surface area (Å²) in [5.41, 5.74) is -0.694. The van der Waals surface area contributed by atoms with Crippen LogP contribution in [0.15, 0.2) is 24.5 Å². The predicted octanol–water partition coefficient (Wildman–Crippen LogP) is 4.08. The topological polar surface area (TPSA) is 109 Å². The van der Waals surface area contributed by atoms with E-state index in [2.05, 4.69) is 30.9 Å². The van der Waals surface area contributed by atoms with Crippen molar-refractivity contribution in [2.75, 3.05) is 5.32 Å². The average Bonchev–Trinajstić information content (AvgIpc) is 3.13. The summed E-state index contributed by atoms with van der Waals surface area (Å²) in [6, 6.07) is 2.45. The van der Waals surface area contributed by atoms with Gasteiger partial charge in [-0.1, -0.05) is 0 Å². The molecule has 0 bridgehead atoms. The summed E-state index contributed by atoms with van der Waals surface area (Å²) in [4.78, 5) is 16.1. The van der Waals surface area contributed by atoms with Crippen molar-refractivity contribution in [1.29, 1.82) is 0 Å². The van der Waals surface area contributed by atoms with E-state index >= 15 is 4.39 Å². The number of nitrogens with zero attached hydrogens (tertiary/aromatic N) is 4. The molecule has 0 saturated heterocycles. The van der Waals surface area contributed by atoms with Gasteiger partial charge in [0.15, 0.2) is 17.3 Å². The summed E-state index contributed by atoms with van der Waals surface area (Å²) < 4.78 is 60.3. The van der Waals surface area contributed by atoms with Crippen LogP contribution >= 0.6 is 0 Å². The van der Waals surface area contributed by atoms with E-state index in [1.807, 2.05) is 6.92 Å². The van der Waals surface area contributed by atoms with Crippen molar-refractivity contribution >= 4 is 23.2 Å². The molecule has 3 atom stereocenters. The molecule has 3 heterocycles. The number of carbonyl (C=O) groups excluding carboxylic acids is 1. The van der Waals surface area contributed by atoms with Crippen molar-refractivity contribution in [2.45, 2.75) is 62.5 Å². The van der Waals surface area contributed by atoms with Crippen molar-refractivity contribution in [3.05, 3.63) is 35.9 Å². The highest BCUT2D eigenvalue weighted by Gasteiger charge is 2.43. The van der Waals surface area contributed by atoms with E-state index in [0.29, 0.717) is 18.5 Å². The maximum absolute atomic E-state index is 15.0. The Balaban J connectivity index is 1.27. The third-order valence-corrected chi connectivity index (χ3v) is 6.09. The molecule has 2 saturated carbocycles. The van der Waals surface area contributed by atoms with Crippen LogP contribution < -0.4 is 10.6 Å². The first-order valence-corrected chi connectivity index (χ1v) is 10.5. The highest BCUT2D eigenvalue weighted by atomic mass is 19.4. The zero-order chi connectivity index (χ0) is 23.4. The van der Waals surface area contributed by atoms with E-state index in [-0.39, 0.29) is 22.7 Å². The first-order valence-electron chi connectivity index (χ1n) is 10.5. The van der Waals surface area contributed by atoms with Crippen LogP contribution in [0.1, 0.15) is 49.9 Å². The number of rotatable bonds is 5. The van der Waals surface area contributed by atoms with Crippen molar-refractivity contribution in [2.24, 2.45) is 0 Å². The molecular weight excluding hydrogens is 446 g/mol. The van der Waals surface area contributed by atoms with Gasteiger partial charge in [0.1, 0.15) is 17.8 Å². The molecule has 0 spiro atoms. The minimum Gasteiger partial charge on any atom is -0.443 e. The van der Waals surface area contributed by atoms with Crippen molar-refractivity contribution < 1.29 is 27.1 Å². The quantitative estimate of drug-likeness (QED) is 0.488. The summed E-state index contributed by atoms with van der Waals surface area (Å²) in [6.45, 7) is 1.90. The summed E-state index contributed by atoms with van der Waals surface area (Å²) in [5.74, 6) is -0.178. The smallest absolute Gasteiger partial charge is 0.435 e. The summed E-state index contributed by atoms with van der Waals surface area (Å²) in [6.07, 6.45) is -2.31. The number of ether oxygens (including phenoxy) is 1. The first-order chi connectivity index (χ1) is 15.6. The maximum Gasteiger partial charge on any atom is 0.435 e. The van der Waals surface area contributed by atoms with Crippen LogP contribution in [0.2, 0.25) is 0 Å². The van der Waals surface area contributed by atoms with Gasteiger partial charge in [-0.3, -0.25) is 5.10 Å². The third kappa shape index (κ3) is 4.31. The van der Waals surface area contributed by atoms with Crippen LogP contribution in [0, 0.1) is 0 Å². The molecular formula is C20H21F4N7O2. The van der Waals surface area contributed by atoms with Gasteiger partial charge in [-0.25, -0.2) is 18.7 Å². The minimum atomic E-state index is -4.59. The average molecular weight is 467 g/mol. The van der Waals surface area contributed by atoms with E-state index in [0.717, 1.165) is 23.4 Å². The SMILES string of the molecule is CC1(NC(=O)O[C@@H]2CC[C@H](c3cc(Nc4nccn5nc(C(F)(F)F)cc45)n[nH]3)[C@@H]2F)CC1. The van der Waals surface area contributed by atoms with Crippen LogP contribution in [0.4, 0.5) is 34.0 Å². The zero-order valence-corrected chi connectivity index (χ0v) is 17.5. The molecule has 3 N–H and O–H groups in total. The van der Waals surface area contributed by atoms with E-state index in [9.17, 15) is 18.0 Å². The van der Waals surface area contributed by atoms with Gasteiger partial charge < -0.3 is 15.4 Å². The van der Waals surface area contributed by atoms with Crippen molar-refractivity contribution in [3.63, 3.8) is 0 Å². The number of anilines is 2. The van der Waals surface area contributed by atoms with Crippen LogP contribution in [0.5, 0.6) is 0 Å². The second kappa shape index (κ2) is 7.59. The first kappa shape index (κ1) is 21.5. The second-order valence-electron chi connectivity index (χ2n) is 8.72. The molecule has 3 aromatic rings. The molecule has 0 aliphatic heterocycles. The number of carbonyl (C=O) groups is 1. The Hall–Kier alpha value is -3.38. The third-order valence-electron chi connectivity index (χ3n) is 6.09. The standard InChI is InChI=1S/C20H21F4N7O2/c1-19(4-5-19)27-18(32)33-13-3-2-10(16(13)21)11-8-15(29-28-11)26-17-12-9-14(20(22,23)24)30-31(12)7-6-25-17/h6-10,13,16H,2-5H2,1H3,(H,27,32)(H2,25,26,28,29)/t10-,13-,16+/m1/s1. The number of fused-ring (bicyclic) bond motifs is 1. The lowest BCUT2D eigenvalue weighted by atomic mass is 10.0. The number of hydrogen-bond acceptors (Lipinski definition) is 6. The molecule has 2 aliphatic rings. The van der Waals surface area contributed by atoms with Crippen LogP contribution in [0.3, 0.4) is 0 Å². The fraction of sp³-hybridized carbons (Fsp3) is 0.500. The normalized spacial score (nSPS) is 24.1. The molecule has 3 aromatic heterocycles. The molecule has 176 valence electrons. The zero-order valence-electron chi connectivity index (χ0n) is 17.5. The molecule has 2 aliphatic carbocycles. The summed E-state index contributed by atoms with van der Waals surface area (Å²) >= 11 is 0. The Labute approximate surface area is 184 Å². The monoisotopic (exact) mass is 467 g/mol. The lowest BCUT2D eigenvalue weighted by Gasteiger charge is -2.19. The lowest BCUT2D eigenvalue weighted by molar-refractivity contribution is -0.141. The van der Waals surface area contributed by atoms with Crippen LogP contribution in [-0.2, 0) is 10.9 Å². The number of amides is 1. The molecule has 2 fully saturated rings. The Kier molecular flexibility index (Phi) is 4.94. The molecule has 0 aromatic carbocycles. The van der Waals surface area contributed by atoms with Crippen LogP contribution in [0.25, 0.3) is 5.52 Å². The number of halogens is 4. The van der Waals surface area contributed by atoms with E-state index in [1.54, 1.807) is 6.07 Å². The summed E-state index contributed by atoms with van der Waals surface area (Å²) in [5, 5.41) is 15.9. The predicted molar refractivity (Wildman–Crippen MR) is 108 cm³/mol. The number of hydrogen-bond donors (Lipinski definition) is 3. The Morgan fingerprint density at radius 2 is 2.09 bits per heavy atom. The minimum absolute atomic E-state index is 0.113. The van der Waals surface area contributed by atoms with Gasteiger partial charge in [0.2, 0.25) is 0 Å². The van der Waals surface area contributed by atoms with Crippen molar-refractivity contribution in [3.8, 4) is 0 Å². The Bertz CT molecular complexity index is 1190. The van der Waals surface area contributed by atoms with Gasteiger partial charge in [0.05, 0.1) is 0 Å². The Morgan fingerprint density at radius 1 is 1.30 bits per heavy atom. The molecule has 13 heteroatoms. The number of aromatic amines is 1. The fourth-order valence-electron chi connectivity index (χ4n) is 3.97. The molecule has 5 rings (SSSR count). The number of aromatic nitrogens is 5.